The summed E-state index contributed by atoms with van der Waals surface area (Å²) < 4.78 is 0. The highest BCUT2D eigenvalue weighted by Crippen LogP contribution is 2.11. The van der Waals surface area contributed by atoms with Crippen LogP contribution in [0.1, 0.15) is 6.92 Å². The highest BCUT2D eigenvalue weighted by Gasteiger charge is 1.93. The summed E-state index contributed by atoms with van der Waals surface area (Å²) in [4.78, 5) is 12.2. The number of hydrogen-bond donors (Lipinski definition) is 0. The molecule has 68 valence electrons. The van der Waals surface area contributed by atoms with Crippen molar-refractivity contribution in [2.75, 3.05) is 5.75 Å². The Morgan fingerprint density at radius 3 is 2.85 bits per heavy atom. The predicted octanol–water partition coefficient (Wildman–Crippen LogP) is 2.72. The van der Waals surface area contributed by atoms with E-state index in [-0.39, 0.29) is 5.43 Å². The number of allylic oxidation sites excluding steroid dienone is 1. The summed E-state index contributed by atoms with van der Waals surface area (Å²) in [6, 6.07) is 8.97. The molecule has 0 fully saturated rings. The lowest BCUT2D eigenvalue weighted by atomic mass is 10.5. The molecule has 0 aliphatic heterocycles. The highest BCUT2D eigenvalue weighted by molar-refractivity contribution is 7.99. The van der Waals surface area contributed by atoms with Gasteiger partial charge in [0.15, 0.2) is 5.43 Å². The first-order valence-corrected chi connectivity index (χ1v) is 5.16. The molecule has 2 heteroatoms. The van der Waals surface area contributed by atoms with Gasteiger partial charge in [0.25, 0.3) is 0 Å². The van der Waals surface area contributed by atoms with Crippen LogP contribution in [0.3, 0.4) is 0 Å². The third kappa shape index (κ3) is 3.47. The molecule has 13 heavy (non-hydrogen) atoms. The molecule has 0 heterocycles. The zero-order valence-corrected chi connectivity index (χ0v) is 8.38. The number of thioether (sulfide) groups is 1. The Balaban J connectivity index is 2.78. The molecular formula is C11H12OS. The van der Waals surface area contributed by atoms with E-state index >= 15 is 0 Å². The second kappa shape index (κ2) is 5.60. The fraction of sp³-hybridized carbons (Fsp3) is 0.182. The summed E-state index contributed by atoms with van der Waals surface area (Å²) in [6.07, 6.45) is 4.03. The molecule has 0 spiro atoms. The van der Waals surface area contributed by atoms with Gasteiger partial charge in [0.05, 0.1) is 4.90 Å². The van der Waals surface area contributed by atoms with Crippen LogP contribution in [0.2, 0.25) is 0 Å². The summed E-state index contributed by atoms with van der Waals surface area (Å²) in [5, 5.41) is 0. The first kappa shape index (κ1) is 10.1. The standard InChI is InChI=1S/C11H12OS/c1-2-3-9-13-11-8-6-4-5-7-10(11)12/h2-8H,9H2,1H3/b3-2+. The molecule has 1 aromatic rings. The van der Waals surface area contributed by atoms with Crippen molar-refractivity contribution >= 4 is 11.8 Å². The maximum atomic E-state index is 11.4. The van der Waals surface area contributed by atoms with E-state index in [0.29, 0.717) is 0 Å². The van der Waals surface area contributed by atoms with E-state index in [1.165, 1.54) is 0 Å². The summed E-state index contributed by atoms with van der Waals surface area (Å²) >= 11 is 1.57. The van der Waals surface area contributed by atoms with Crippen molar-refractivity contribution in [3.8, 4) is 0 Å². The van der Waals surface area contributed by atoms with E-state index in [1.54, 1.807) is 23.9 Å². The van der Waals surface area contributed by atoms with Gasteiger partial charge in [0.2, 0.25) is 0 Å². The highest BCUT2D eigenvalue weighted by atomic mass is 32.2. The van der Waals surface area contributed by atoms with E-state index in [2.05, 4.69) is 0 Å². The van der Waals surface area contributed by atoms with Crippen molar-refractivity contribution in [3.05, 3.63) is 52.7 Å². The average Bonchev–Trinajstić information content (AvgIpc) is 2.32. The second-order valence-electron chi connectivity index (χ2n) is 2.52. The van der Waals surface area contributed by atoms with Crippen LogP contribution in [0.25, 0.3) is 0 Å². The molecule has 0 aromatic heterocycles. The Morgan fingerprint density at radius 1 is 1.31 bits per heavy atom. The van der Waals surface area contributed by atoms with E-state index in [1.807, 2.05) is 37.3 Å². The Hall–Kier alpha value is -1.02. The maximum absolute atomic E-state index is 11.4. The lowest BCUT2D eigenvalue weighted by molar-refractivity contribution is 1.40. The zero-order valence-electron chi connectivity index (χ0n) is 7.57. The third-order valence-electron chi connectivity index (χ3n) is 1.53. The first-order chi connectivity index (χ1) is 6.34. The fourth-order valence-corrected chi connectivity index (χ4v) is 1.72. The molecule has 0 amide bonds. The van der Waals surface area contributed by atoms with Gasteiger partial charge in [0, 0.05) is 5.75 Å². The summed E-state index contributed by atoms with van der Waals surface area (Å²) in [5.41, 5.74) is 0.0968. The van der Waals surface area contributed by atoms with E-state index in [4.69, 9.17) is 0 Å². The van der Waals surface area contributed by atoms with Crippen LogP contribution in [-0.4, -0.2) is 5.75 Å². The maximum Gasteiger partial charge on any atom is 0.192 e. The molecule has 1 nitrogen and oxygen atoms in total. The third-order valence-corrected chi connectivity index (χ3v) is 2.54. The van der Waals surface area contributed by atoms with Gasteiger partial charge in [-0.2, -0.15) is 0 Å². The van der Waals surface area contributed by atoms with Crippen LogP contribution in [0.15, 0.2) is 52.2 Å². The topological polar surface area (TPSA) is 17.1 Å². The van der Waals surface area contributed by atoms with E-state index in [0.717, 1.165) is 10.6 Å². The van der Waals surface area contributed by atoms with Gasteiger partial charge < -0.3 is 0 Å². The van der Waals surface area contributed by atoms with Crippen molar-refractivity contribution in [1.82, 2.24) is 0 Å². The molecule has 1 rings (SSSR count). The first-order valence-electron chi connectivity index (χ1n) is 4.18. The summed E-state index contributed by atoms with van der Waals surface area (Å²) in [5.74, 6) is 0.857. The minimum Gasteiger partial charge on any atom is -0.289 e. The van der Waals surface area contributed by atoms with Gasteiger partial charge in [-0.25, -0.2) is 0 Å². The molecule has 0 N–H and O–H groups in total. The molecule has 0 saturated carbocycles. The smallest absolute Gasteiger partial charge is 0.192 e. The molecule has 0 unspecified atom stereocenters. The van der Waals surface area contributed by atoms with Gasteiger partial charge in [-0.1, -0.05) is 30.4 Å². The quantitative estimate of drug-likeness (QED) is 0.541. The van der Waals surface area contributed by atoms with Gasteiger partial charge in [0.1, 0.15) is 0 Å². The summed E-state index contributed by atoms with van der Waals surface area (Å²) in [6.45, 7) is 1.98. The lowest BCUT2D eigenvalue weighted by Crippen LogP contribution is -1.96. The lowest BCUT2D eigenvalue weighted by Gasteiger charge is -1.91. The van der Waals surface area contributed by atoms with Gasteiger partial charge in [-0.15, -0.1) is 11.8 Å². The second-order valence-corrected chi connectivity index (χ2v) is 3.58. The van der Waals surface area contributed by atoms with Crippen LogP contribution < -0.4 is 5.43 Å². The van der Waals surface area contributed by atoms with Crippen molar-refractivity contribution in [2.24, 2.45) is 0 Å². The number of rotatable bonds is 3. The van der Waals surface area contributed by atoms with E-state index in [9.17, 15) is 4.79 Å². The predicted molar refractivity (Wildman–Crippen MR) is 58.3 cm³/mol. The zero-order chi connectivity index (χ0) is 9.52. The Kier molecular flexibility index (Phi) is 4.33. The monoisotopic (exact) mass is 192 g/mol. The minimum atomic E-state index is 0.0968. The summed E-state index contributed by atoms with van der Waals surface area (Å²) in [7, 11) is 0. The van der Waals surface area contributed by atoms with E-state index < -0.39 is 0 Å². The van der Waals surface area contributed by atoms with Gasteiger partial charge in [-0.05, 0) is 19.1 Å². The molecular weight excluding hydrogens is 180 g/mol. The van der Waals surface area contributed by atoms with Crippen molar-refractivity contribution < 1.29 is 0 Å². The largest absolute Gasteiger partial charge is 0.289 e. The molecule has 0 aliphatic rings. The van der Waals surface area contributed by atoms with Crippen LogP contribution in [0, 0.1) is 0 Å². The minimum absolute atomic E-state index is 0.0968. The molecule has 0 radical (unpaired) electrons. The van der Waals surface area contributed by atoms with Crippen LogP contribution in [0.4, 0.5) is 0 Å². The van der Waals surface area contributed by atoms with Crippen LogP contribution >= 0.6 is 11.8 Å². The van der Waals surface area contributed by atoms with Crippen LogP contribution in [0.5, 0.6) is 0 Å². The molecule has 0 aliphatic carbocycles. The Bertz CT molecular complexity index is 344. The molecule has 0 atom stereocenters. The Labute approximate surface area is 82.5 Å². The van der Waals surface area contributed by atoms with Crippen molar-refractivity contribution in [3.63, 3.8) is 0 Å². The molecule has 0 bridgehead atoms. The normalized spacial score (nSPS) is 10.5. The Morgan fingerprint density at radius 2 is 2.08 bits per heavy atom. The van der Waals surface area contributed by atoms with Gasteiger partial charge >= 0.3 is 0 Å². The molecule has 1 aromatic carbocycles. The van der Waals surface area contributed by atoms with Crippen LogP contribution in [-0.2, 0) is 0 Å². The average molecular weight is 192 g/mol. The van der Waals surface area contributed by atoms with Gasteiger partial charge in [-0.3, -0.25) is 4.79 Å². The fourth-order valence-electron chi connectivity index (χ4n) is 0.868. The van der Waals surface area contributed by atoms with Crippen molar-refractivity contribution in [1.29, 1.82) is 0 Å². The SMILES string of the molecule is C/C=C/CSc1cccccc1=O. The number of hydrogen-bond acceptors (Lipinski definition) is 2. The van der Waals surface area contributed by atoms with Crippen molar-refractivity contribution in [2.45, 2.75) is 11.8 Å². The molecule has 0 saturated heterocycles.